The molecule has 0 aliphatic heterocycles. The highest BCUT2D eigenvalue weighted by Gasteiger charge is 2.10. The first-order valence-corrected chi connectivity index (χ1v) is 7.00. The molecule has 1 N–H and O–H groups in total. The first-order chi connectivity index (χ1) is 11.1. The number of aromatic nitrogens is 3. The van der Waals surface area contributed by atoms with Crippen molar-refractivity contribution >= 4 is 6.29 Å². The van der Waals surface area contributed by atoms with Crippen molar-refractivity contribution in [3.63, 3.8) is 0 Å². The third kappa shape index (κ3) is 3.11. The van der Waals surface area contributed by atoms with Gasteiger partial charge in [-0.25, -0.2) is 14.4 Å². The summed E-state index contributed by atoms with van der Waals surface area (Å²) in [7, 11) is 0. The molecule has 6 heteroatoms. The molecular weight excluding hydrogens is 297 g/mol. The molecule has 3 rings (SSSR count). The van der Waals surface area contributed by atoms with E-state index in [0.29, 0.717) is 24.3 Å². The third-order valence-electron chi connectivity index (χ3n) is 3.50. The van der Waals surface area contributed by atoms with Gasteiger partial charge in [-0.15, -0.1) is 0 Å². The molecule has 23 heavy (non-hydrogen) atoms. The minimum absolute atomic E-state index is 0.0154. The second-order valence-corrected chi connectivity index (χ2v) is 5.16. The molecule has 0 atom stereocenters. The molecule has 5 nitrogen and oxygen atoms in total. The first-order valence-electron chi connectivity index (χ1n) is 7.00. The van der Waals surface area contributed by atoms with Crippen LogP contribution in [0.5, 0.6) is 5.75 Å². The molecule has 0 radical (unpaired) electrons. The number of carbonyl (C=O) groups is 1. The van der Waals surface area contributed by atoms with Crippen molar-refractivity contribution in [3.8, 4) is 16.9 Å². The normalized spacial score (nSPS) is 10.7. The maximum Gasteiger partial charge on any atom is 0.172 e. The van der Waals surface area contributed by atoms with Crippen molar-refractivity contribution in [2.24, 2.45) is 0 Å². The summed E-state index contributed by atoms with van der Waals surface area (Å²) in [6.07, 6.45) is 4.25. The van der Waals surface area contributed by atoms with Gasteiger partial charge >= 0.3 is 0 Å². The Morgan fingerprint density at radius 1 is 1.17 bits per heavy atom. The van der Waals surface area contributed by atoms with Crippen molar-refractivity contribution in [1.82, 2.24) is 14.5 Å². The van der Waals surface area contributed by atoms with Crippen LogP contribution in [0.2, 0.25) is 0 Å². The molecule has 0 fully saturated rings. The molecule has 2 aromatic heterocycles. The van der Waals surface area contributed by atoms with Crippen LogP contribution in [-0.2, 0) is 6.54 Å². The quantitative estimate of drug-likeness (QED) is 0.752. The number of aromatic hydroxyl groups is 1. The zero-order chi connectivity index (χ0) is 16.4. The van der Waals surface area contributed by atoms with Gasteiger partial charge in [-0.05, 0) is 36.2 Å². The number of halogens is 1. The zero-order valence-electron chi connectivity index (χ0n) is 12.4. The van der Waals surface area contributed by atoms with Crippen LogP contribution >= 0.6 is 0 Å². The summed E-state index contributed by atoms with van der Waals surface area (Å²) >= 11 is 0. The van der Waals surface area contributed by atoms with Gasteiger partial charge in [0.15, 0.2) is 12.0 Å². The molecule has 0 aliphatic rings. The number of rotatable bonds is 4. The monoisotopic (exact) mass is 311 g/mol. The number of nitrogens with zero attached hydrogens (tertiary/aromatic N) is 3. The first kappa shape index (κ1) is 14.9. The van der Waals surface area contributed by atoms with Gasteiger partial charge in [0, 0.05) is 12.4 Å². The Kier molecular flexibility index (Phi) is 3.89. The fraction of sp³-hybridized carbons (Fsp3) is 0.118. The lowest BCUT2D eigenvalue weighted by Gasteiger charge is -2.06. The molecule has 0 saturated heterocycles. The summed E-state index contributed by atoms with van der Waals surface area (Å²) in [6, 6.07) is 8.15. The van der Waals surface area contributed by atoms with E-state index in [2.05, 4.69) is 9.97 Å². The van der Waals surface area contributed by atoms with Crippen LogP contribution in [0.25, 0.3) is 11.1 Å². The summed E-state index contributed by atoms with van der Waals surface area (Å²) in [5.74, 6) is -0.0329. The SMILES string of the molecule is Cc1nc(Cn2ccc(-c3ccc(F)cc3)c2)nc(C=O)c1O. The van der Waals surface area contributed by atoms with Crippen LogP contribution < -0.4 is 0 Å². The van der Waals surface area contributed by atoms with Gasteiger partial charge in [0.1, 0.15) is 17.3 Å². The van der Waals surface area contributed by atoms with Gasteiger partial charge in [-0.3, -0.25) is 4.79 Å². The fourth-order valence-electron chi connectivity index (χ4n) is 2.32. The summed E-state index contributed by atoms with van der Waals surface area (Å²) in [5, 5.41) is 9.67. The maximum absolute atomic E-state index is 13.0. The molecule has 3 aromatic rings. The van der Waals surface area contributed by atoms with E-state index in [0.717, 1.165) is 11.1 Å². The molecule has 0 spiro atoms. The highest BCUT2D eigenvalue weighted by Crippen LogP contribution is 2.21. The molecule has 0 bridgehead atoms. The van der Waals surface area contributed by atoms with E-state index in [1.165, 1.54) is 12.1 Å². The van der Waals surface area contributed by atoms with Crippen LogP contribution in [0.1, 0.15) is 22.0 Å². The minimum Gasteiger partial charge on any atom is -0.504 e. The fourth-order valence-corrected chi connectivity index (χ4v) is 2.32. The Hall–Kier alpha value is -3.02. The van der Waals surface area contributed by atoms with Gasteiger partial charge in [0.05, 0.1) is 12.2 Å². The van der Waals surface area contributed by atoms with Gasteiger partial charge < -0.3 is 9.67 Å². The molecule has 0 unspecified atom stereocenters. The smallest absolute Gasteiger partial charge is 0.172 e. The summed E-state index contributed by atoms with van der Waals surface area (Å²) in [4.78, 5) is 19.1. The van der Waals surface area contributed by atoms with Crippen LogP contribution in [0.3, 0.4) is 0 Å². The van der Waals surface area contributed by atoms with E-state index < -0.39 is 0 Å². The minimum atomic E-state index is -0.275. The highest BCUT2D eigenvalue weighted by molar-refractivity contribution is 5.76. The number of aldehydes is 1. The van der Waals surface area contributed by atoms with Crippen LogP contribution in [0, 0.1) is 12.7 Å². The van der Waals surface area contributed by atoms with Gasteiger partial charge in [-0.2, -0.15) is 0 Å². The van der Waals surface area contributed by atoms with Crippen molar-refractivity contribution in [1.29, 1.82) is 0 Å². The Labute approximate surface area is 132 Å². The topological polar surface area (TPSA) is 68.0 Å². The van der Waals surface area contributed by atoms with Crippen molar-refractivity contribution in [2.75, 3.05) is 0 Å². The maximum atomic E-state index is 13.0. The summed E-state index contributed by atoms with van der Waals surface area (Å²) in [5.41, 5.74) is 2.19. The van der Waals surface area contributed by atoms with Crippen molar-refractivity contribution in [2.45, 2.75) is 13.5 Å². The number of aryl methyl sites for hydroxylation is 1. The standard InChI is InChI=1S/C17H14FN3O2/c1-11-17(23)15(10-22)20-16(19-11)9-21-7-6-13(8-21)12-2-4-14(18)5-3-12/h2-8,10,23H,9H2,1H3. The predicted molar refractivity (Wildman–Crippen MR) is 82.7 cm³/mol. The van der Waals surface area contributed by atoms with Crippen molar-refractivity contribution in [3.05, 3.63) is 65.8 Å². The summed E-state index contributed by atoms with van der Waals surface area (Å²) < 4.78 is 14.8. The summed E-state index contributed by atoms with van der Waals surface area (Å²) in [6.45, 7) is 1.98. The lowest BCUT2D eigenvalue weighted by molar-refractivity contribution is 0.111. The Balaban J connectivity index is 1.86. The second-order valence-electron chi connectivity index (χ2n) is 5.16. The predicted octanol–water partition coefficient (Wildman–Crippen LogP) is 2.96. The van der Waals surface area contributed by atoms with E-state index in [4.69, 9.17) is 0 Å². The van der Waals surface area contributed by atoms with E-state index in [1.54, 1.807) is 19.1 Å². The molecule has 0 amide bonds. The average Bonchev–Trinajstić information content (AvgIpc) is 3.00. The molecule has 0 saturated carbocycles. The number of carbonyl (C=O) groups excluding carboxylic acids is 1. The van der Waals surface area contributed by atoms with Crippen LogP contribution in [-0.4, -0.2) is 25.9 Å². The lowest BCUT2D eigenvalue weighted by atomic mass is 10.1. The lowest BCUT2D eigenvalue weighted by Crippen LogP contribution is -2.06. The highest BCUT2D eigenvalue weighted by atomic mass is 19.1. The van der Waals surface area contributed by atoms with Crippen LogP contribution in [0.15, 0.2) is 42.7 Å². The van der Waals surface area contributed by atoms with Gasteiger partial charge in [0.2, 0.25) is 0 Å². The van der Waals surface area contributed by atoms with Crippen LogP contribution in [0.4, 0.5) is 4.39 Å². The number of hydrogen-bond donors (Lipinski definition) is 1. The van der Waals surface area contributed by atoms with Gasteiger partial charge in [0.25, 0.3) is 0 Å². The third-order valence-corrected chi connectivity index (χ3v) is 3.50. The molecule has 0 aliphatic carbocycles. The largest absolute Gasteiger partial charge is 0.504 e. The molecular formula is C17H14FN3O2. The van der Waals surface area contributed by atoms with Crippen molar-refractivity contribution < 1.29 is 14.3 Å². The van der Waals surface area contributed by atoms with E-state index in [9.17, 15) is 14.3 Å². The number of hydrogen-bond acceptors (Lipinski definition) is 4. The van der Waals surface area contributed by atoms with E-state index in [-0.39, 0.29) is 17.3 Å². The molecule has 116 valence electrons. The second kappa shape index (κ2) is 6.00. The Bertz CT molecular complexity index is 857. The van der Waals surface area contributed by atoms with E-state index >= 15 is 0 Å². The Morgan fingerprint density at radius 2 is 1.91 bits per heavy atom. The zero-order valence-corrected chi connectivity index (χ0v) is 12.4. The number of benzene rings is 1. The average molecular weight is 311 g/mol. The van der Waals surface area contributed by atoms with Gasteiger partial charge in [-0.1, -0.05) is 12.1 Å². The Morgan fingerprint density at radius 3 is 2.61 bits per heavy atom. The molecule has 2 heterocycles. The molecule has 1 aromatic carbocycles. The van der Waals surface area contributed by atoms with E-state index in [1.807, 2.05) is 23.0 Å².